The third-order valence-corrected chi connectivity index (χ3v) is 7.68. The van der Waals surface area contributed by atoms with Gasteiger partial charge in [0.1, 0.15) is 5.82 Å². The van der Waals surface area contributed by atoms with Crippen molar-refractivity contribution in [3.63, 3.8) is 0 Å². The van der Waals surface area contributed by atoms with Crippen molar-refractivity contribution in [1.29, 1.82) is 0 Å². The highest BCUT2D eigenvalue weighted by molar-refractivity contribution is 7.99. The number of carbonyl (C=O) groups is 2. The predicted octanol–water partition coefficient (Wildman–Crippen LogP) is 5.31. The number of carboxylic acids is 1. The second-order valence-electron chi connectivity index (χ2n) is 8.51. The van der Waals surface area contributed by atoms with Crippen molar-refractivity contribution >= 4 is 35.5 Å². The lowest BCUT2D eigenvalue weighted by Crippen LogP contribution is -2.22. The number of fused-ring (bicyclic) bond motifs is 1. The summed E-state index contributed by atoms with van der Waals surface area (Å²) in [7, 11) is 0. The Labute approximate surface area is 206 Å². The Morgan fingerprint density at radius 3 is 2.56 bits per heavy atom. The molecule has 2 heterocycles. The average molecular weight is 511 g/mol. The zero-order valence-corrected chi connectivity index (χ0v) is 20.4. The van der Waals surface area contributed by atoms with E-state index in [4.69, 9.17) is 30.8 Å². The third-order valence-electron chi connectivity index (χ3n) is 6.15. The molecule has 1 aliphatic heterocycles. The number of benzene rings is 1. The summed E-state index contributed by atoms with van der Waals surface area (Å²) in [5.41, 5.74) is 0.736. The molecule has 0 spiro atoms. The highest BCUT2D eigenvalue weighted by atomic mass is 35.5. The molecule has 4 rings (SSSR count). The van der Waals surface area contributed by atoms with E-state index in [1.165, 1.54) is 11.8 Å². The molecule has 1 fully saturated rings. The summed E-state index contributed by atoms with van der Waals surface area (Å²) >= 11 is 7.93. The van der Waals surface area contributed by atoms with Crippen molar-refractivity contribution in [3.05, 3.63) is 28.5 Å². The number of aromatic nitrogens is 2. The van der Waals surface area contributed by atoms with Crippen LogP contribution in [0.15, 0.2) is 17.2 Å². The first-order chi connectivity index (χ1) is 16.4. The monoisotopic (exact) mass is 510 g/mol. The van der Waals surface area contributed by atoms with Gasteiger partial charge in [0.05, 0.1) is 12.5 Å². The molecular formula is C23H27ClN2O7S. The zero-order valence-electron chi connectivity index (χ0n) is 18.8. The van der Waals surface area contributed by atoms with E-state index in [1.807, 2.05) is 6.92 Å². The first kappa shape index (κ1) is 24.5. The first-order valence-electron chi connectivity index (χ1n) is 11.3. The lowest BCUT2D eigenvalue weighted by atomic mass is 9.83. The number of thioether (sulfide) groups is 1. The minimum Gasteiger partial charge on any atom is -0.481 e. The van der Waals surface area contributed by atoms with Crippen LogP contribution in [0.5, 0.6) is 17.4 Å². The minimum absolute atomic E-state index is 0.129. The second-order valence-corrected chi connectivity index (χ2v) is 9.92. The lowest BCUT2D eigenvalue weighted by molar-refractivity contribution is -0.143. The van der Waals surface area contributed by atoms with E-state index in [0.717, 1.165) is 30.6 Å². The molecule has 2 aliphatic rings. The van der Waals surface area contributed by atoms with Gasteiger partial charge in [0.25, 0.3) is 0 Å². The van der Waals surface area contributed by atoms with Crippen molar-refractivity contribution < 1.29 is 34.0 Å². The molecule has 2 N–H and O–H groups in total. The van der Waals surface area contributed by atoms with Gasteiger partial charge in [0.15, 0.2) is 16.5 Å². The summed E-state index contributed by atoms with van der Waals surface area (Å²) in [6, 6.07) is 3.48. The fourth-order valence-electron chi connectivity index (χ4n) is 4.33. The molecule has 0 atom stereocenters. The van der Waals surface area contributed by atoms with E-state index in [0.29, 0.717) is 52.6 Å². The van der Waals surface area contributed by atoms with Crippen LogP contribution in [-0.2, 0) is 17.8 Å². The molecule has 1 aliphatic carbocycles. The topological polar surface area (TPSA) is 120 Å². The van der Waals surface area contributed by atoms with Crippen LogP contribution in [0.3, 0.4) is 0 Å². The molecule has 34 heavy (non-hydrogen) atoms. The number of rotatable bonds is 9. The maximum Gasteiger partial charge on any atom is 0.512 e. The van der Waals surface area contributed by atoms with Gasteiger partial charge >= 0.3 is 12.1 Å². The van der Waals surface area contributed by atoms with E-state index in [-0.39, 0.29) is 25.1 Å². The molecule has 9 nitrogen and oxygen atoms in total. The quantitative estimate of drug-likeness (QED) is 0.341. The number of imidazole rings is 1. The Hall–Kier alpha value is -2.59. The van der Waals surface area contributed by atoms with Gasteiger partial charge in [-0.2, -0.15) is 0 Å². The number of hydrogen-bond acceptors (Lipinski definition) is 7. The minimum atomic E-state index is -1.41. The lowest BCUT2D eigenvalue weighted by Gasteiger charge is -2.25. The SMILES string of the molecule is CCCc1nc(SCC2CCC(C(=O)O)CC2)c(OC(=O)O)n1Cc1cc2c(cc1Cl)OCO2. The fourth-order valence-corrected chi connectivity index (χ4v) is 5.72. The molecule has 0 amide bonds. The van der Waals surface area contributed by atoms with Crippen LogP contribution >= 0.6 is 23.4 Å². The Morgan fingerprint density at radius 2 is 1.91 bits per heavy atom. The second kappa shape index (κ2) is 10.8. The molecule has 11 heteroatoms. The summed E-state index contributed by atoms with van der Waals surface area (Å²) in [4.78, 5) is 27.5. The molecule has 184 valence electrons. The summed E-state index contributed by atoms with van der Waals surface area (Å²) < 4.78 is 17.8. The molecule has 1 saturated carbocycles. The van der Waals surface area contributed by atoms with Crippen LogP contribution in [0.1, 0.15) is 50.4 Å². The molecule has 0 unspecified atom stereocenters. The molecule has 0 saturated heterocycles. The number of nitrogens with zero attached hydrogens (tertiary/aromatic N) is 2. The van der Waals surface area contributed by atoms with Crippen LogP contribution in [0.2, 0.25) is 5.02 Å². The number of aliphatic carboxylic acids is 1. The highest BCUT2D eigenvalue weighted by Gasteiger charge is 2.28. The molecule has 0 bridgehead atoms. The van der Waals surface area contributed by atoms with E-state index in [9.17, 15) is 19.8 Å². The van der Waals surface area contributed by atoms with Gasteiger partial charge < -0.3 is 24.4 Å². The van der Waals surface area contributed by atoms with Crippen LogP contribution in [-0.4, -0.2) is 44.4 Å². The van der Waals surface area contributed by atoms with Crippen LogP contribution in [0.4, 0.5) is 4.79 Å². The maximum atomic E-state index is 11.5. The normalized spacial score (nSPS) is 19.2. The summed E-state index contributed by atoms with van der Waals surface area (Å²) in [5, 5.41) is 19.6. The molecule has 1 aromatic heterocycles. The summed E-state index contributed by atoms with van der Waals surface area (Å²) in [6.07, 6.45) is 3.03. The number of aryl methyl sites for hydroxylation is 1. The maximum absolute atomic E-state index is 11.5. The first-order valence-corrected chi connectivity index (χ1v) is 12.7. The average Bonchev–Trinajstić information content (AvgIpc) is 3.37. The highest BCUT2D eigenvalue weighted by Crippen LogP contribution is 2.40. The van der Waals surface area contributed by atoms with E-state index in [2.05, 4.69) is 0 Å². The smallest absolute Gasteiger partial charge is 0.481 e. The Kier molecular flexibility index (Phi) is 7.77. The number of carboxylic acid groups (broad SMARTS) is 2. The predicted molar refractivity (Wildman–Crippen MR) is 125 cm³/mol. The molecular weight excluding hydrogens is 484 g/mol. The van der Waals surface area contributed by atoms with Crippen LogP contribution in [0, 0.1) is 11.8 Å². The van der Waals surface area contributed by atoms with Crippen molar-refractivity contribution in [2.75, 3.05) is 12.5 Å². The van der Waals surface area contributed by atoms with Crippen molar-refractivity contribution in [3.8, 4) is 17.4 Å². The van der Waals surface area contributed by atoms with Crippen molar-refractivity contribution in [2.45, 2.75) is 57.0 Å². The van der Waals surface area contributed by atoms with Gasteiger partial charge in [-0.15, -0.1) is 11.8 Å². The summed E-state index contributed by atoms with van der Waals surface area (Å²) in [5.74, 6) is 2.12. The van der Waals surface area contributed by atoms with E-state index < -0.39 is 12.1 Å². The zero-order chi connectivity index (χ0) is 24.2. The Balaban J connectivity index is 1.57. The Bertz CT molecular complexity index is 1070. The van der Waals surface area contributed by atoms with Crippen LogP contribution < -0.4 is 14.2 Å². The third kappa shape index (κ3) is 5.55. The largest absolute Gasteiger partial charge is 0.512 e. The molecule has 2 aromatic rings. The molecule has 1 aromatic carbocycles. The number of ether oxygens (including phenoxy) is 3. The van der Waals surface area contributed by atoms with Gasteiger partial charge in [-0.1, -0.05) is 18.5 Å². The standard InChI is InChI=1S/C23H27ClN2O7S/c1-2-3-19-25-20(34-11-13-4-6-14(7-5-13)22(27)28)21(33-23(29)30)26(19)10-15-8-17-18(9-16(15)24)32-12-31-17/h8-9,13-14H,2-7,10-12H2,1H3,(H,27,28)(H,29,30). The number of halogens is 1. The fraction of sp³-hybridized carbons (Fsp3) is 0.522. The van der Waals surface area contributed by atoms with Crippen LogP contribution in [0.25, 0.3) is 0 Å². The van der Waals surface area contributed by atoms with E-state index >= 15 is 0 Å². The van der Waals surface area contributed by atoms with Gasteiger partial charge in [-0.05, 0) is 49.7 Å². The van der Waals surface area contributed by atoms with Gasteiger partial charge in [0, 0.05) is 23.3 Å². The van der Waals surface area contributed by atoms with Crippen molar-refractivity contribution in [1.82, 2.24) is 9.55 Å². The van der Waals surface area contributed by atoms with Gasteiger partial charge in [-0.25, -0.2) is 9.78 Å². The molecule has 0 radical (unpaired) electrons. The van der Waals surface area contributed by atoms with Gasteiger partial charge in [-0.3, -0.25) is 9.36 Å². The van der Waals surface area contributed by atoms with Crippen molar-refractivity contribution in [2.24, 2.45) is 11.8 Å². The Morgan fingerprint density at radius 1 is 1.21 bits per heavy atom. The number of hydrogen-bond donors (Lipinski definition) is 2. The van der Waals surface area contributed by atoms with E-state index in [1.54, 1.807) is 16.7 Å². The summed E-state index contributed by atoms with van der Waals surface area (Å²) in [6.45, 7) is 2.42. The van der Waals surface area contributed by atoms with Gasteiger partial charge in [0.2, 0.25) is 12.7 Å².